The van der Waals surface area contributed by atoms with Gasteiger partial charge >= 0.3 is 0 Å². The Labute approximate surface area is 117 Å². The van der Waals surface area contributed by atoms with Crippen molar-refractivity contribution >= 4 is 10.0 Å². The van der Waals surface area contributed by atoms with E-state index < -0.39 is 10.0 Å². The lowest BCUT2D eigenvalue weighted by atomic mass is 9.78. The minimum atomic E-state index is -3.03. The Bertz CT molecular complexity index is 391. The van der Waals surface area contributed by atoms with Gasteiger partial charge in [-0.1, -0.05) is 13.3 Å². The quantitative estimate of drug-likeness (QED) is 0.813. The molecule has 112 valence electrons. The molecule has 0 amide bonds. The van der Waals surface area contributed by atoms with E-state index in [-0.39, 0.29) is 0 Å². The maximum Gasteiger partial charge on any atom is 0.211 e. The van der Waals surface area contributed by atoms with E-state index in [1.165, 1.54) is 25.5 Å². The maximum absolute atomic E-state index is 11.5. The molecule has 6 heteroatoms. The molecule has 2 N–H and O–H groups in total. The topological polar surface area (TPSA) is 66.6 Å². The molecule has 2 fully saturated rings. The highest BCUT2D eigenvalue weighted by atomic mass is 32.2. The second kappa shape index (κ2) is 6.08. The Hall–Kier alpha value is -0.170. The molecule has 3 unspecified atom stereocenters. The van der Waals surface area contributed by atoms with Crippen molar-refractivity contribution in [2.45, 2.75) is 32.2 Å². The van der Waals surface area contributed by atoms with Gasteiger partial charge in [0.25, 0.3) is 0 Å². The van der Waals surface area contributed by atoms with Crippen molar-refractivity contribution in [3.63, 3.8) is 0 Å². The third kappa shape index (κ3) is 3.68. The van der Waals surface area contributed by atoms with Crippen LogP contribution < -0.4 is 5.73 Å². The van der Waals surface area contributed by atoms with Gasteiger partial charge in [0, 0.05) is 32.2 Å². The van der Waals surface area contributed by atoms with Gasteiger partial charge in [-0.05, 0) is 31.2 Å². The van der Waals surface area contributed by atoms with Crippen LogP contribution in [0, 0.1) is 11.8 Å². The predicted molar refractivity (Wildman–Crippen MR) is 77.3 cm³/mol. The molecule has 2 aliphatic rings. The Morgan fingerprint density at radius 2 is 1.79 bits per heavy atom. The van der Waals surface area contributed by atoms with Crippen molar-refractivity contribution in [3.05, 3.63) is 0 Å². The first kappa shape index (κ1) is 15.2. The Morgan fingerprint density at radius 3 is 2.32 bits per heavy atom. The molecule has 0 spiro atoms. The van der Waals surface area contributed by atoms with Gasteiger partial charge in [-0.3, -0.25) is 4.90 Å². The molecular weight excluding hydrogens is 262 g/mol. The predicted octanol–water partition coefficient (Wildman–Crippen LogP) is 0.327. The van der Waals surface area contributed by atoms with Gasteiger partial charge in [0.15, 0.2) is 0 Å². The van der Waals surface area contributed by atoms with Crippen molar-refractivity contribution < 1.29 is 8.42 Å². The monoisotopic (exact) mass is 289 g/mol. The highest BCUT2D eigenvalue weighted by Crippen LogP contribution is 2.32. The Morgan fingerprint density at radius 1 is 1.16 bits per heavy atom. The molecule has 0 aromatic heterocycles. The molecule has 1 aliphatic heterocycles. The summed E-state index contributed by atoms with van der Waals surface area (Å²) >= 11 is 0. The van der Waals surface area contributed by atoms with Gasteiger partial charge in [-0.15, -0.1) is 0 Å². The van der Waals surface area contributed by atoms with Crippen molar-refractivity contribution in [2.75, 3.05) is 39.0 Å². The largest absolute Gasteiger partial charge is 0.330 e. The van der Waals surface area contributed by atoms with Crippen LogP contribution in [0.25, 0.3) is 0 Å². The van der Waals surface area contributed by atoms with E-state index in [0.29, 0.717) is 25.0 Å². The van der Waals surface area contributed by atoms with Gasteiger partial charge in [0.1, 0.15) is 0 Å². The molecule has 1 saturated carbocycles. The minimum absolute atomic E-state index is 0.551. The number of hydrogen-bond donors (Lipinski definition) is 1. The first-order valence-electron chi connectivity index (χ1n) is 7.31. The van der Waals surface area contributed by atoms with Crippen LogP contribution in [0.15, 0.2) is 0 Å². The SMILES string of the molecule is CC1CCC(CN)C(N2CCN(S(C)(=O)=O)CC2)C1. The molecular formula is C13H27N3O2S. The first-order chi connectivity index (χ1) is 8.91. The van der Waals surface area contributed by atoms with Crippen molar-refractivity contribution in [1.82, 2.24) is 9.21 Å². The van der Waals surface area contributed by atoms with E-state index in [9.17, 15) is 8.42 Å². The molecule has 1 aliphatic carbocycles. The summed E-state index contributed by atoms with van der Waals surface area (Å²) in [5.41, 5.74) is 5.91. The molecule has 1 heterocycles. The molecule has 0 bridgehead atoms. The third-order valence-electron chi connectivity index (χ3n) is 4.73. The maximum atomic E-state index is 11.5. The van der Waals surface area contributed by atoms with Gasteiger partial charge in [0.05, 0.1) is 6.26 Å². The van der Waals surface area contributed by atoms with Crippen molar-refractivity contribution in [2.24, 2.45) is 17.6 Å². The van der Waals surface area contributed by atoms with Crippen molar-refractivity contribution in [1.29, 1.82) is 0 Å². The van der Waals surface area contributed by atoms with Crippen LogP contribution in [0.2, 0.25) is 0 Å². The summed E-state index contributed by atoms with van der Waals surface area (Å²) in [5.74, 6) is 1.35. The van der Waals surface area contributed by atoms with E-state index in [1.807, 2.05) is 0 Å². The Balaban J connectivity index is 1.96. The summed E-state index contributed by atoms with van der Waals surface area (Å²) in [6, 6.07) is 0.551. The fourth-order valence-corrected chi connectivity index (χ4v) is 4.33. The normalized spacial score (nSPS) is 35.4. The highest BCUT2D eigenvalue weighted by Gasteiger charge is 2.34. The summed E-state index contributed by atoms with van der Waals surface area (Å²) in [6.45, 7) is 6.01. The fraction of sp³-hybridized carbons (Fsp3) is 1.00. The fourth-order valence-electron chi connectivity index (χ4n) is 3.50. The van der Waals surface area contributed by atoms with Crippen LogP contribution >= 0.6 is 0 Å². The minimum Gasteiger partial charge on any atom is -0.330 e. The zero-order valence-corrected chi connectivity index (χ0v) is 12.9. The second-order valence-electron chi connectivity index (χ2n) is 6.18. The molecule has 0 aromatic rings. The summed E-state index contributed by atoms with van der Waals surface area (Å²) < 4.78 is 24.6. The molecule has 1 saturated heterocycles. The van der Waals surface area contributed by atoms with E-state index in [2.05, 4.69) is 11.8 Å². The summed E-state index contributed by atoms with van der Waals surface area (Å²) in [4.78, 5) is 2.47. The number of rotatable bonds is 3. The molecule has 3 atom stereocenters. The molecule has 0 aromatic carbocycles. The van der Waals surface area contributed by atoms with Crippen LogP contribution in [0.1, 0.15) is 26.2 Å². The molecule has 0 radical (unpaired) electrons. The summed E-state index contributed by atoms with van der Waals surface area (Å²) in [7, 11) is -3.03. The zero-order valence-electron chi connectivity index (χ0n) is 12.1. The van der Waals surface area contributed by atoms with Crippen molar-refractivity contribution in [3.8, 4) is 0 Å². The number of hydrogen-bond acceptors (Lipinski definition) is 4. The van der Waals surface area contributed by atoms with Crippen LogP contribution in [-0.2, 0) is 10.0 Å². The standard InChI is InChI=1S/C13H27N3O2S/c1-11-3-4-12(10-14)13(9-11)15-5-7-16(8-6-15)19(2,17)18/h11-13H,3-10,14H2,1-2H3. The second-order valence-corrected chi connectivity index (χ2v) is 8.16. The lowest BCUT2D eigenvalue weighted by Crippen LogP contribution is -2.55. The van der Waals surface area contributed by atoms with E-state index in [4.69, 9.17) is 5.73 Å². The van der Waals surface area contributed by atoms with Crippen LogP contribution in [0.3, 0.4) is 0 Å². The molecule has 2 rings (SSSR count). The van der Waals surface area contributed by atoms with E-state index in [0.717, 1.165) is 25.6 Å². The smallest absolute Gasteiger partial charge is 0.211 e. The number of nitrogens with two attached hydrogens (primary N) is 1. The number of piperazine rings is 1. The number of sulfonamides is 1. The molecule has 19 heavy (non-hydrogen) atoms. The van der Waals surface area contributed by atoms with Gasteiger partial charge in [0.2, 0.25) is 10.0 Å². The van der Waals surface area contributed by atoms with Crippen LogP contribution in [0.5, 0.6) is 0 Å². The lowest BCUT2D eigenvalue weighted by Gasteiger charge is -2.45. The summed E-state index contributed by atoms with van der Waals surface area (Å²) in [5, 5.41) is 0. The van der Waals surface area contributed by atoms with Gasteiger partial charge in [-0.2, -0.15) is 4.31 Å². The average molecular weight is 289 g/mol. The average Bonchev–Trinajstić information content (AvgIpc) is 2.38. The van der Waals surface area contributed by atoms with Gasteiger partial charge < -0.3 is 5.73 Å². The Kier molecular flexibility index (Phi) is 4.87. The van der Waals surface area contributed by atoms with Crippen LogP contribution in [0.4, 0.5) is 0 Å². The van der Waals surface area contributed by atoms with Gasteiger partial charge in [-0.25, -0.2) is 8.42 Å². The lowest BCUT2D eigenvalue weighted by molar-refractivity contribution is 0.0594. The summed E-state index contributed by atoms with van der Waals surface area (Å²) in [6.07, 6.45) is 5.01. The zero-order chi connectivity index (χ0) is 14.0. The van der Waals surface area contributed by atoms with Crippen LogP contribution in [-0.4, -0.2) is 62.6 Å². The van der Waals surface area contributed by atoms with E-state index >= 15 is 0 Å². The molecule has 5 nitrogen and oxygen atoms in total. The number of nitrogens with zero attached hydrogens (tertiary/aromatic N) is 2. The highest BCUT2D eigenvalue weighted by molar-refractivity contribution is 7.88. The van der Waals surface area contributed by atoms with E-state index in [1.54, 1.807) is 4.31 Å². The third-order valence-corrected chi connectivity index (χ3v) is 6.04. The first-order valence-corrected chi connectivity index (χ1v) is 9.16.